The van der Waals surface area contributed by atoms with E-state index in [9.17, 15) is 4.79 Å². The normalized spacial score (nSPS) is 10.3. The second-order valence-electron chi connectivity index (χ2n) is 3.99. The Morgan fingerprint density at radius 3 is 2.80 bits per heavy atom. The number of hydrogen-bond acceptors (Lipinski definition) is 5. The fraction of sp³-hybridized carbons (Fsp3) is 0.231. The highest BCUT2D eigenvalue weighted by Crippen LogP contribution is 2.16. The summed E-state index contributed by atoms with van der Waals surface area (Å²) in [6.45, 7) is 0.787. The van der Waals surface area contributed by atoms with E-state index in [1.807, 2.05) is 0 Å². The van der Waals surface area contributed by atoms with Crippen LogP contribution in [0.5, 0.6) is 0 Å². The summed E-state index contributed by atoms with van der Waals surface area (Å²) in [5.74, 6) is 0.581. The summed E-state index contributed by atoms with van der Waals surface area (Å²) in [6, 6.07) is 6.73. The van der Waals surface area contributed by atoms with Crippen molar-refractivity contribution < 1.29 is 14.3 Å². The Morgan fingerprint density at radius 2 is 2.20 bits per heavy atom. The van der Waals surface area contributed by atoms with Crippen molar-refractivity contribution in [2.24, 2.45) is 0 Å². The SMILES string of the molecule is O=C(Nc1ccc(NCCCO)nc1)c1ccc(Br)o1. The van der Waals surface area contributed by atoms with Crippen LogP contribution in [0.1, 0.15) is 17.0 Å². The van der Waals surface area contributed by atoms with Gasteiger partial charge in [0, 0.05) is 13.2 Å². The van der Waals surface area contributed by atoms with Gasteiger partial charge in [-0.25, -0.2) is 4.98 Å². The highest BCUT2D eigenvalue weighted by molar-refractivity contribution is 9.10. The second kappa shape index (κ2) is 7.06. The first-order valence-electron chi connectivity index (χ1n) is 6.06. The largest absolute Gasteiger partial charge is 0.444 e. The monoisotopic (exact) mass is 339 g/mol. The molecule has 0 aliphatic rings. The zero-order valence-corrected chi connectivity index (χ0v) is 12.2. The Labute approximate surface area is 124 Å². The lowest BCUT2D eigenvalue weighted by molar-refractivity contribution is 0.0995. The van der Waals surface area contributed by atoms with E-state index in [1.54, 1.807) is 30.5 Å². The first-order chi connectivity index (χ1) is 9.69. The van der Waals surface area contributed by atoms with Crippen molar-refractivity contribution in [1.82, 2.24) is 4.98 Å². The number of amides is 1. The first kappa shape index (κ1) is 14.5. The third kappa shape index (κ3) is 4.07. The van der Waals surface area contributed by atoms with Crippen molar-refractivity contribution in [1.29, 1.82) is 0 Å². The molecule has 2 rings (SSSR count). The maximum Gasteiger partial charge on any atom is 0.291 e. The predicted molar refractivity (Wildman–Crippen MR) is 78.8 cm³/mol. The zero-order valence-electron chi connectivity index (χ0n) is 10.6. The lowest BCUT2D eigenvalue weighted by Crippen LogP contribution is -2.11. The topological polar surface area (TPSA) is 87.4 Å². The number of hydrogen-bond donors (Lipinski definition) is 3. The molecular weight excluding hydrogens is 326 g/mol. The highest BCUT2D eigenvalue weighted by Gasteiger charge is 2.10. The minimum atomic E-state index is -0.335. The average Bonchev–Trinajstić information content (AvgIpc) is 2.88. The fourth-order valence-corrected chi connectivity index (χ4v) is 1.80. The fourth-order valence-electron chi connectivity index (χ4n) is 1.50. The summed E-state index contributed by atoms with van der Waals surface area (Å²) in [5.41, 5.74) is 0.579. The lowest BCUT2D eigenvalue weighted by atomic mass is 10.3. The first-order valence-corrected chi connectivity index (χ1v) is 6.86. The van der Waals surface area contributed by atoms with Gasteiger partial charge < -0.3 is 20.2 Å². The zero-order chi connectivity index (χ0) is 14.4. The summed E-state index contributed by atoms with van der Waals surface area (Å²) in [4.78, 5) is 16.0. The molecule has 0 saturated heterocycles. The average molecular weight is 340 g/mol. The minimum absolute atomic E-state index is 0.139. The third-order valence-corrected chi connectivity index (χ3v) is 2.89. The van der Waals surface area contributed by atoms with Crippen molar-refractivity contribution >= 4 is 33.3 Å². The molecule has 0 aliphatic heterocycles. The molecule has 106 valence electrons. The number of carbonyl (C=O) groups excluding carboxylic acids is 1. The summed E-state index contributed by atoms with van der Waals surface area (Å²) >= 11 is 3.14. The van der Waals surface area contributed by atoms with Crippen molar-refractivity contribution in [3.63, 3.8) is 0 Å². The molecule has 1 amide bonds. The van der Waals surface area contributed by atoms with Gasteiger partial charge in [0.25, 0.3) is 5.91 Å². The van der Waals surface area contributed by atoms with Crippen LogP contribution in [0.4, 0.5) is 11.5 Å². The van der Waals surface area contributed by atoms with E-state index in [1.165, 1.54) is 0 Å². The van der Waals surface area contributed by atoms with Crippen molar-refractivity contribution in [3.8, 4) is 0 Å². The van der Waals surface area contributed by atoms with E-state index >= 15 is 0 Å². The minimum Gasteiger partial charge on any atom is -0.444 e. The van der Waals surface area contributed by atoms with Crippen LogP contribution in [-0.4, -0.2) is 29.1 Å². The standard InChI is InChI=1S/C13H14BrN3O3/c14-11-4-3-10(20-11)13(19)17-9-2-5-12(16-8-9)15-6-1-7-18/h2-5,8,18H,1,6-7H2,(H,15,16)(H,17,19). The number of rotatable bonds is 6. The third-order valence-electron chi connectivity index (χ3n) is 2.46. The van der Waals surface area contributed by atoms with Gasteiger partial charge in [-0.15, -0.1) is 0 Å². The molecule has 2 aromatic heterocycles. The van der Waals surface area contributed by atoms with Gasteiger partial charge in [-0.05, 0) is 46.6 Å². The molecule has 0 bridgehead atoms. The molecule has 6 nitrogen and oxygen atoms in total. The maximum atomic E-state index is 11.8. The van der Waals surface area contributed by atoms with Crippen molar-refractivity contribution in [2.45, 2.75) is 6.42 Å². The number of halogens is 1. The van der Waals surface area contributed by atoms with E-state index in [2.05, 4.69) is 31.5 Å². The molecule has 2 heterocycles. The smallest absolute Gasteiger partial charge is 0.291 e. The number of aromatic nitrogens is 1. The predicted octanol–water partition coefficient (Wildman–Crippen LogP) is 2.48. The van der Waals surface area contributed by atoms with Gasteiger partial charge in [0.2, 0.25) is 0 Å². The number of carbonyl (C=O) groups is 1. The molecule has 0 radical (unpaired) electrons. The summed E-state index contributed by atoms with van der Waals surface area (Å²) in [5, 5.41) is 14.4. The molecule has 0 atom stereocenters. The van der Waals surface area contributed by atoms with Gasteiger partial charge >= 0.3 is 0 Å². The van der Waals surface area contributed by atoms with Gasteiger partial charge in [0.15, 0.2) is 10.4 Å². The van der Waals surface area contributed by atoms with Crippen LogP contribution in [0.15, 0.2) is 39.5 Å². The summed E-state index contributed by atoms with van der Waals surface area (Å²) in [7, 11) is 0. The van der Waals surface area contributed by atoms with Crippen LogP contribution >= 0.6 is 15.9 Å². The molecular formula is C13H14BrN3O3. The molecule has 20 heavy (non-hydrogen) atoms. The van der Waals surface area contributed by atoms with Gasteiger partial charge in [0.1, 0.15) is 5.82 Å². The number of anilines is 2. The second-order valence-corrected chi connectivity index (χ2v) is 4.78. The number of aliphatic hydroxyl groups excluding tert-OH is 1. The van der Waals surface area contributed by atoms with Gasteiger partial charge in [-0.1, -0.05) is 0 Å². The number of nitrogens with zero attached hydrogens (tertiary/aromatic N) is 1. The Bertz CT molecular complexity index is 568. The van der Waals surface area contributed by atoms with Crippen LogP contribution in [0.2, 0.25) is 0 Å². The van der Waals surface area contributed by atoms with Gasteiger partial charge in [-0.2, -0.15) is 0 Å². The molecule has 3 N–H and O–H groups in total. The van der Waals surface area contributed by atoms with E-state index in [0.717, 1.165) is 0 Å². The highest BCUT2D eigenvalue weighted by atomic mass is 79.9. The molecule has 0 unspecified atom stereocenters. The number of pyridine rings is 1. The quantitative estimate of drug-likeness (QED) is 0.703. The van der Waals surface area contributed by atoms with Gasteiger partial charge in [0.05, 0.1) is 11.9 Å². The van der Waals surface area contributed by atoms with E-state index in [4.69, 9.17) is 9.52 Å². The van der Waals surface area contributed by atoms with Crippen LogP contribution in [0, 0.1) is 0 Å². The Hall–Kier alpha value is -1.86. The summed E-state index contributed by atoms with van der Waals surface area (Å²) in [6.07, 6.45) is 2.21. The van der Waals surface area contributed by atoms with E-state index in [-0.39, 0.29) is 18.3 Å². The lowest BCUT2D eigenvalue weighted by Gasteiger charge is -2.06. The molecule has 0 saturated carbocycles. The molecule has 2 aromatic rings. The Kier molecular flexibility index (Phi) is 5.14. The van der Waals surface area contributed by atoms with Gasteiger partial charge in [-0.3, -0.25) is 4.79 Å². The van der Waals surface area contributed by atoms with Crippen LogP contribution in [-0.2, 0) is 0 Å². The summed E-state index contributed by atoms with van der Waals surface area (Å²) < 4.78 is 5.66. The van der Waals surface area contributed by atoms with Crippen LogP contribution < -0.4 is 10.6 Å². The molecule has 0 fully saturated rings. The molecule has 0 spiro atoms. The molecule has 0 aromatic carbocycles. The van der Waals surface area contributed by atoms with Crippen LogP contribution in [0.3, 0.4) is 0 Å². The number of furan rings is 1. The maximum absolute atomic E-state index is 11.8. The van der Waals surface area contributed by atoms with Crippen LogP contribution in [0.25, 0.3) is 0 Å². The Balaban J connectivity index is 1.91. The van der Waals surface area contributed by atoms with Crippen molar-refractivity contribution in [2.75, 3.05) is 23.8 Å². The molecule has 7 heteroatoms. The van der Waals surface area contributed by atoms with E-state index in [0.29, 0.717) is 29.1 Å². The molecule has 0 aliphatic carbocycles. The Morgan fingerprint density at radius 1 is 1.35 bits per heavy atom. The number of aliphatic hydroxyl groups is 1. The van der Waals surface area contributed by atoms with Crippen molar-refractivity contribution in [3.05, 3.63) is 40.9 Å². The number of nitrogens with one attached hydrogen (secondary N) is 2. The van der Waals surface area contributed by atoms with E-state index < -0.39 is 0 Å².